The van der Waals surface area contributed by atoms with Crippen molar-refractivity contribution in [3.8, 4) is 23.0 Å². The first-order chi connectivity index (χ1) is 19.8. The number of aryl methyl sites for hydroxylation is 3. The summed E-state index contributed by atoms with van der Waals surface area (Å²) < 4.78 is 20.0. The molecule has 0 saturated carbocycles. The van der Waals surface area contributed by atoms with Gasteiger partial charge in [-0.1, -0.05) is 87.4 Å². The molecule has 0 aliphatic heterocycles. The molecule has 1 atom stereocenters. The van der Waals surface area contributed by atoms with E-state index in [-0.39, 0.29) is 11.7 Å². The van der Waals surface area contributed by atoms with Crippen molar-refractivity contribution in [3.63, 3.8) is 0 Å². The Bertz CT molecular complexity index is 1260. The zero-order valence-corrected chi connectivity index (χ0v) is 27.5. The predicted molar refractivity (Wildman–Crippen MR) is 169 cm³/mol. The predicted octanol–water partition coefficient (Wildman–Crippen LogP) is 8.97. The van der Waals surface area contributed by atoms with Crippen LogP contribution in [0.3, 0.4) is 0 Å². The molecule has 0 amide bonds. The Balaban J connectivity index is 0.000000752. The Hall–Kier alpha value is -3.68. The second-order valence-electron chi connectivity index (χ2n) is 8.69. The second-order valence-corrected chi connectivity index (χ2v) is 8.69. The molecule has 226 valence electrons. The van der Waals surface area contributed by atoms with E-state index < -0.39 is 0 Å². The standard InChI is InChI=1S/C18H20N4O.C9H13FN2.3C2H6/c1-5-14-9-7-10-15(19-14)18-21-20-13(3)22(18)17-12(2)8-6-11-16(17)23-4;1-6(2)7(3)9-11-4-8(10)5-12-9;3*1-2/h6-11H,5H2,1-4H3;4-7H,1-3H3;3*1-2H3/t;7-;;;/m.0.../s1. The van der Waals surface area contributed by atoms with Crippen LogP contribution in [0.15, 0.2) is 48.8 Å². The fraction of sp³-hybridized carbons (Fsp3) is 0.485. The first kappa shape index (κ1) is 37.3. The summed E-state index contributed by atoms with van der Waals surface area (Å²) in [7, 11) is 1.67. The maximum atomic E-state index is 12.4. The molecule has 0 aliphatic rings. The lowest BCUT2D eigenvalue weighted by molar-refractivity contribution is 0.412. The molecule has 0 unspecified atom stereocenters. The lowest BCUT2D eigenvalue weighted by atomic mass is 9.97. The third kappa shape index (κ3) is 10.7. The lowest BCUT2D eigenvalue weighted by Gasteiger charge is -2.15. The van der Waals surface area contributed by atoms with Gasteiger partial charge in [-0.3, -0.25) is 4.57 Å². The molecule has 0 radical (unpaired) electrons. The van der Waals surface area contributed by atoms with E-state index in [0.717, 1.165) is 46.5 Å². The van der Waals surface area contributed by atoms with Gasteiger partial charge in [0.15, 0.2) is 11.6 Å². The van der Waals surface area contributed by atoms with E-state index >= 15 is 0 Å². The number of aromatic nitrogens is 6. The number of rotatable bonds is 6. The van der Waals surface area contributed by atoms with E-state index in [2.05, 4.69) is 58.9 Å². The highest BCUT2D eigenvalue weighted by Gasteiger charge is 2.19. The molecule has 7 nitrogen and oxygen atoms in total. The smallest absolute Gasteiger partial charge is 0.187 e. The summed E-state index contributed by atoms with van der Waals surface area (Å²) in [6, 6.07) is 12.0. The number of para-hydroxylation sites is 1. The van der Waals surface area contributed by atoms with Crippen LogP contribution in [0.4, 0.5) is 4.39 Å². The Morgan fingerprint density at radius 1 is 0.854 bits per heavy atom. The van der Waals surface area contributed by atoms with E-state index in [1.54, 1.807) is 7.11 Å². The normalized spacial score (nSPS) is 10.4. The summed E-state index contributed by atoms with van der Waals surface area (Å²) in [6.07, 6.45) is 3.30. The van der Waals surface area contributed by atoms with Crippen molar-refractivity contribution < 1.29 is 9.13 Å². The van der Waals surface area contributed by atoms with Crippen LogP contribution in [0.2, 0.25) is 0 Å². The number of nitrogens with zero attached hydrogens (tertiary/aromatic N) is 6. The number of ether oxygens (including phenoxy) is 1. The number of hydrogen-bond donors (Lipinski definition) is 0. The molecule has 0 saturated heterocycles. The Labute approximate surface area is 247 Å². The molecular formula is C33H51FN6O. The fourth-order valence-corrected chi connectivity index (χ4v) is 3.54. The molecule has 0 fully saturated rings. The average Bonchev–Trinajstić information content (AvgIpc) is 3.40. The van der Waals surface area contributed by atoms with E-state index in [1.807, 2.05) is 90.3 Å². The largest absolute Gasteiger partial charge is 0.495 e. The molecule has 3 heterocycles. The first-order valence-electron chi connectivity index (χ1n) is 14.8. The second kappa shape index (κ2) is 20.2. The van der Waals surface area contributed by atoms with Crippen LogP contribution in [-0.2, 0) is 6.42 Å². The molecule has 0 N–H and O–H groups in total. The molecule has 4 rings (SSSR count). The SMILES string of the molecule is CC.CC.CC.CC(C)[C@H](C)c1ncc(F)cn1.CCc1cccc(-c2nnc(C)n2-c2c(C)cccc2OC)n1. The van der Waals surface area contributed by atoms with Crippen LogP contribution in [0.1, 0.15) is 98.1 Å². The van der Waals surface area contributed by atoms with Crippen molar-refractivity contribution in [2.24, 2.45) is 5.92 Å². The third-order valence-electron chi connectivity index (χ3n) is 5.91. The number of pyridine rings is 1. The highest BCUT2D eigenvalue weighted by Crippen LogP contribution is 2.31. The maximum absolute atomic E-state index is 12.4. The van der Waals surface area contributed by atoms with Gasteiger partial charge in [-0.2, -0.15) is 0 Å². The summed E-state index contributed by atoms with van der Waals surface area (Å²) in [6.45, 7) is 24.3. The lowest BCUT2D eigenvalue weighted by Crippen LogP contribution is -2.06. The number of hydrogen-bond acceptors (Lipinski definition) is 6. The topological polar surface area (TPSA) is 78.6 Å². The minimum atomic E-state index is -0.380. The minimum absolute atomic E-state index is 0.283. The van der Waals surface area contributed by atoms with Crippen molar-refractivity contribution in [2.45, 2.75) is 95.4 Å². The molecule has 0 aliphatic carbocycles. The summed E-state index contributed by atoms with van der Waals surface area (Å²) in [4.78, 5) is 12.5. The molecule has 0 spiro atoms. The zero-order valence-electron chi connectivity index (χ0n) is 27.5. The molecule has 8 heteroatoms. The Kier molecular flexibility index (Phi) is 18.4. The van der Waals surface area contributed by atoms with Crippen molar-refractivity contribution in [2.75, 3.05) is 7.11 Å². The van der Waals surface area contributed by atoms with Crippen molar-refractivity contribution in [1.82, 2.24) is 29.7 Å². The highest BCUT2D eigenvalue weighted by atomic mass is 19.1. The van der Waals surface area contributed by atoms with Gasteiger partial charge in [-0.05, 0) is 49.9 Å². The number of halogens is 1. The monoisotopic (exact) mass is 566 g/mol. The van der Waals surface area contributed by atoms with Gasteiger partial charge < -0.3 is 4.74 Å². The van der Waals surface area contributed by atoms with Crippen LogP contribution in [0.5, 0.6) is 5.75 Å². The zero-order chi connectivity index (χ0) is 31.5. The molecule has 41 heavy (non-hydrogen) atoms. The Morgan fingerprint density at radius 2 is 1.44 bits per heavy atom. The molecule has 1 aromatic carbocycles. The van der Waals surface area contributed by atoms with Crippen LogP contribution in [0.25, 0.3) is 17.2 Å². The summed E-state index contributed by atoms with van der Waals surface area (Å²) in [5.41, 5.74) is 3.90. The maximum Gasteiger partial charge on any atom is 0.187 e. The highest BCUT2D eigenvalue weighted by molar-refractivity contribution is 5.60. The minimum Gasteiger partial charge on any atom is -0.495 e. The quantitative estimate of drug-likeness (QED) is 0.232. The van der Waals surface area contributed by atoms with Crippen molar-refractivity contribution in [3.05, 3.63) is 77.5 Å². The molecule has 4 aromatic rings. The first-order valence-corrected chi connectivity index (χ1v) is 14.8. The van der Waals surface area contributed by atoms with E-state index in [9.17, 15) is 4.39 Å². The van der Waals surface area contributed by atoms with Crippen LogP contribution < -0.4 is 4.74 Å². The van der Waals surface area contributed by atoms with Crippen LogP contribution in [0, 0.1) is 25.6 Å². The summed E-state index contributed by atoms with van der Waals surface area (Å²) in [5.74, 6) is 3.42. The van der Waals surface area contributed by atoms with Crippen molar-refractivity contribution >= 4 is 0 Å². The summed E-state index contributed by atoms with van der Waals surface area (Å²) in [5, 5.41) is 8.61. The van der Waals surface area contributed by atoms with Gasteiger partial charge in [0, 0.05) is 11.6 Å². The van der Waals surface area contributed by atoms with Crippen molar-refractivity contribution in [1.29, 1.82) is 0 Å². The molecule has 3 aromatic heterocycles. The molecular weight excluding hydrogens is 515 g/mol. The van der Waals surface area contributed by atoms with Gasteiger partial charge >= 0.3 is 0 Å². The summed E-state index contributed by atoms with van der Waals surface area (Å²) >= 11 is 0. The fourth-order valence-electron chi connectivity index (χ4n) is 3.54. The van der Waals surface area contributed by atoms with E-state index in [0.29, 0.717) is 11.7 Å². The van der Waals surface area contributed by atoms with Gasteiger partial charge in [0.2, 0.25) is 0 Å². The van der Waals surface area contributed by atoms with Gasteiger partial charge in [0.1, 0.15) is 23.1 Å². The average molecular weight is 567 g/mol. The van der Waals surface area contributed by atoms with E-state index in [4.69, 9.17) is 4.74 Å². The van der Waals surface area contributed by atoms with E-state index in [1.165, 1.54) is 12.4 Å². The van der Waals surface area contributed by atoms with Gasteiger partial charge in [0.25, 0.3) is 0 Å². The Morgan fingerprint density at radius 3 is 1.98 bits per heavy atom. The van der Waals surface area contributed by atoms with Gasteiger partial charge in [0.05, 0.1) is 25.2 Å². The van der Waals surface area contributed by atoms with Gasteiger partial charge in [-0.25, -0.2) is 19.3 Å². The van der Waals surface area contributed by atoms with Crippen LogP contribution in [-0.4, -0.2) is 36.8 Å². The van der Waals surface area contributed by atoms with Crippen LogP contribution >= 0.6 is 0 Å². The number of benzene rings is 1. The number of methoxy groups -OCH3 is 1. The third-order valence-corrected chi connectivity index (χ3v) is 5.91. The molecule has 0 bridgehead atoms. The van der Waals surface area contributed by atoms with Gasteiger partial charge in [-0.15, -0.1) is 10.2 Å².